The molecule has 0 saturated heterocycles. The molecule has 1 heterocycles. The van der Waals surface area contributed by atoms with Crippen molar-refractivity contribution in [2.24, 2.45) is 0 Å². The number of aromatic nitrogens is 3. The average molecular weight is 397 g/mol. The van der Waals surface area contributed by atoms with E-state index in [0.29, 0.717) is 22.4 Å². The van der Waals surface area contributed by atoms with Crippen molar-refractivity contribution in [1.29, 1.82) is 0 Å². The first-order valence-electron chi connectivity index (χ1n) is 9.21. The van der Waals surface area contributed by atoms with Crippen LogP contribution in [0.5, 0.6) is 5.75 Å². The van der Waals surface area contributed by atoms with Crippen LogP contribution < -0.4 is 10.1 Å². The van der Waals surface area contributed by atoms with Crippen molar-refractivity contribution in [2.75, 3.05) is 7.11 Å². The van der Waals surface area contributed by atoms with Crippen molar-refractivity contribution in [1.82, 2.24) is 20.1 Å². The molecule has 28 heavy (non-hydrogen) atoms. The van der Waals surface area contributed by atoms with Crippen molar-refractivity contribution in [2.45, 2.75) is 37.2 Å². The van der Waals surface area contributed by atoms with E-state index in [1.807, 2.05) is 34.9 Å². The molecule has 0 spiro atoms. The van der Waals surface area contributed by atoms with Crippen molar-refractivity contribution in [3.05, 3.63) is 66.0 Å². The molecule has 0 bridgehead atoms. The molecule has 0 radical (unpaired) electrons. The number of carbonyl (C=O) groups is 1. The Morgan fingerprint density at radius 1 is 1.14 bits per heavy atom. The molecule has 146 valence electrons. The summed E-state index contributed by atoms with van der Waals surface area (Å²) in [4.78, 5) is 12.5. The molecule has 3 rings (SSSR count). The largest absolute Gasteiger partial charge is 0.497 e. The van der Waals surface area contributed by atoms with Gasteiger partial charge in [0.2, 0.25) is 0 Å². The normalized spacial score (nSPS) is 11.8. The lowest BCUT2D eigenvalue weighted by Gasteiger charge is -2.13. The van der Waals surface area contributed by atoms with E-state index in [9.17, 15) is 4.79 Å². The fraction of sp³-hybridized carbons (Fsp3) is 0.286. The molecule has 0 aliphatic carbocycles. The molecule has 1 aromatic heterocycles. The van der Waals surface area contributed by atoms with Gasteiger partial charge in [-0.05, 0) is 42.8 Å². The zero-order valence-corrected chi connectivity index (χ0v) is 17.1. The van der Waals surface area contributed by atoms with Gasteiger partial charge < -0.3 is 10.1 Å². The highest BCUT2D eigenvalue weighted by atomic mass is 32.2. The first-order chi connectivity index (χ1) is 13.6. The van der Waals surface area contributed by atoms with Crippen LogP contribution in [-0.4, -0.2) is 33.0 Å². The lowest BCUT2D eigenvalue weighted by molar-refractivity contribution is 0.0949. The van der Waals surface area contributed by atoms with E-state index in [1.165, 1.54) is 0 Å². The fourth-order valence-electron chi connectivity index (χ4n) is 2.59. The summed E-state index contributed by atoms with van der Waals surface area (Å²) in [5, 5.41) is 12.9. The Morgan fingerprint density at radius 3 is 2.50 bits per heavy atom. The number of methoxy groups -OCH3 is 1. The molecule has 0 fully saturated rings. The van der Waals surface area contributed by atoms with Gasteiger partial charge in [-0.2, -0.15) is 0 Å². The van der Waals surface area contributed by atoms with Crippen LogP contribution in [0, 0.1) is 0 Å². The van der Waals surface area contributed by atoms with Gasteiger partial charge >= 0.3 is 0 Å². The van der Waals surface area contributed by atoms with Crippen molar-refractivity contribution < 1.29 is 9.53 Å². The van der Waals surface area contributed by atoms with E-state index in [0.717, 1.165) is 17.3 Å². The van der Waals surface area contributed by atoms with Gasteiger partial charge in [-0.15, -0.1) is 10.2 Å². The molecule has 6 nitrogen and oxygen atoms in total. The number of carbonyl (C=O) groups excluding carboxylic acids is 1. The highest BCUT2D eigenvalue weighted by molar-refractivity contribution is 7.99. The molecule has 0 aliphatic heterocycles. The van der Waals surface area contributed by atoms with Crippen molar-refractivity contribution in [3.63, 3.8) is 0 Å². The number of benzene rings is 2. The summed E-state index contributed by atoms with van der Waals surface area (Å²) in [6.07, 6.45) is 1.04. The van der Waals surface area contributed by atoms with Gasteiger partial charge in [0.05, 0.1) is 13.7 Å². The predicted molar refractivity (Wildman–Crippen MR) is 111 cm³/mol. The zero-order chi connectivity index (χ0) is 19.9. The highest BCUT2D eigenvalue weighted by Gasteiger charge is 2.17. The van der Waals surface area contributed by atoms with E-state index in [-0.39, 0.29) is 12.5 Å². The van der Waals surface area contributed by atoms with Crippen LogP contribution in [0.25, 0.3) is 5.69 Å². The monoisotopic (exact) mass is 396 g/mol. The van der Waals surface area contributed by atoms with Gasteiger partial charge in [-0.3, -0.25) is 9.36 Å². The van der Waals surface area contributed by atoms with Crippen LogP contribution in [0.2, 0.25) is 0 Å². The Bertz CT molecular complexity index is 910. The Labute approximate surface area is 169 Å². The SMILES string of the molecule is CC[C@H](C)Sc1nnc(CNC(=O)c2ccc(OC)cc2)n1-c1ccccc1. The summed E-state index contributed by atoms with van der Waals surface area (Å²) < 4.78 is 7.14. The second-order valence-electron chi connectivity index (χ2n) is 6.32. The third-order valence-corrected chi connectivity index (χ3v) is 5.57. The number of ether oxygens (including phenoxy) is 1. The number of thioether (sulfide) groups is 1. The third-order valence-electron chi connectivity index (χ3n) is 4.36. The van der Waals surface area contributed by atoms with Crippen LogP contribution >= 0.6 is 11.8 Å². The predicted octanol–water partition coefficient (Wildman–Crippen LogP) is 4.10. The molecule has 1 amide bonds. The Balaban J connectivity index is 1.80. The average Bonchev–Trinajstić information content (AvgIpc) is 3.14. The minimum absolute atomic E-state index is 0.165. The molecule has 3 aromatic rings. The molecule has 2 aromatic carbocycles. The van der Waals surface area contributed by atoms with E-state index in [1.54, 1.807) is 43.1 Å². The maximum atomic E-state index is 12.5. The number of nitrogens with one attached hydrogen (secondary N) is 1. The molecule has 0 aliphatic rings. The van der Waals surface area contributed by atoms with Gasteiger partial charge in [0, 0.05) is 16.5 Å². The Hall–Kier alpha value is -2.80. The van der Waals surface area contributed by atoms with E-state index in [4.69, 9.17) is 4.74 Å². The molecular weight excluding hydrogens is 372 g/mol. The lowest BCUT2D eigenvalue weighted by Crippen LogP contribution is -2.24. The molecule has 1 N–H and O–H groups in total. The van der Waals surface area contributed by atoms with Crippen LogP contribution in [0.4, 0.5) is 0 Å². The van der Waals surface area contributed by atoms with Crippen LogP contribution in [0.3, 0.4) is 0 Å². The van der Waals surface area contributed by atoms with Gasteiger partial charge in [0.15, 0.2) is 11.0 Å². The van der Waals surface area contributed by atoms with E-state index in [2.05, 4.69) is 29.4 Å². The topological polar surface area (TPSA) is 69.0 Å². The summed E-state index contributed by atoms with van der Waals surface area (Å²) >= 11 is 1.68. The summed E-state index contributed by atoms with van der Waals surface area (Å²) in [6.45, 7) is 4.60. The standard InChI is InChI=1S/C21H24N4O2S/c1-4-15(2)28-21-24-23-19(25(21)17-8-6-5-7-9-17)14-22-20(26)16-10-12-18(27-3)13-11-16/h5-13,15H,4,14H2,1-3H3,(H,22,26)/t15-/m0/s1. The number of hydrogen-bond donors (Lipinski definition) is 1. The molecule has 0 saturated carbocycles. The van der Waals surface area contributed by atoms with E-state index >= 15 is 0 Å². The summed E-state index contributed by atoms with van der Waals surface area (Å²) in [6, 6.07) is 17.0. The first kappa shape index (κ1) is 19.9. The highest BCUT2D eigenvalue weighted by Crippen LogP contribution is 2.27. The van der Waals surface area contributed by atoms with Gasteiger partial charge in [0.25, 0.3) is 5.91 Å². The summed E-state index contributed by atoms with van der Waals surface area (Å²) in [7, 11) is 1.60. The second-order valence-corrected chi connectivity index (χ2v) is 7.72. The van der Waals surface area contributed by atoms with Gasteiger partial charge in [-0.25, -0.2) is 0 Å². The molecular formula is C21H24N4O2S. The number of para-hydroxylation sites is 1. The second kappa shape index (κ2) is 9.41. The van der Waals surface area contributed by atoms with E-state index < -0.39 is 0 Å². The third kappa shape index (κ3) is 4.72. The maximum Gasteiger partial charge on any atom is 0.251 e. The maximum absolute atomic E-state index is 12.5. The van der Waals surface area contributed by atoms with Crippen molar-refractivity contribution in [3.8, 4) is 11.4 Å². The van der Waals surface area contributed by atoms with Gasteiger partial charge in [0.1, 0.15) is 5.75 Å². The lowest BCUT2D eigenvalue weighted by atomic mass is 10.2. The number of nitrogens with zero attached hydrogens (tertiary/aromatic N) is 3. The Morgan fingerprint density at radius 2 is 1.86 bits per heavy atom. The zero-order valence-electron chi connectivity index (χ0n) is 16.3. The fourth-order valence-corrected chi connectivity index (χ4v) is 3.53. The van der Waals surface area contributed by atoms with Gasteiger partial charge in [-0.1, -0.05) is 43.8 Å². The van der Waals surface area contributed by atoms with Crippen LogP contribution in [-0.2, 0) is 6.54 Å². The Kier molecular flexibility index (Phi) is 6.71. The minimum atomic E-state index is -0.165. The van der Waals surface area contributed by atoms with Crippen LogP contribution in [0.1, 0.15) is 36.5 Å². The smallest absolute Gasteiger partial charge is 0.251 e. The quantitative estimate of drug-likeness (QED) is 0.581. The molecule has 0 unspecified atom stereocenters. The van der Waals surface area contributed by atoms with Crippen molar-refractivity contribution >= 4 is 17.7 Å². The molecule has 1 atom stereocenters. The number of hydrogen-bond acceptors (Lipinski definition) is 5. The summed E-state index contributed by atoms with van der Waals surface area (Å²) in [5.41, 5.74) is 1.55. The van der Waals surface area contributed by atoms with Crippen LogP contribution in [0.15, 0.2) is 59.8 Å². The molecule has 7 heteroatoms. The number of rotatable bonds is 8. The summed E-state index contributed by atoms with van der Waals surface area (Å²) in [5.74, 6) is 1.24. The minimum Gasteiger partial charge on any atom is -0.497 e. The first-order valence-corrected chi connectivity index (χ1v) is 10.1. The number of amides is 1.